The van der Waals surface area contributed by atoms with Crippen molar-refractivity contribution in [2.75, 3.05) is 0 Å². The predicted molar refractivity (Wildman–Crippen MR) is 46.7 cm³/mol. The molecule has 0 aromatic heterocycles. The second-order valence-electron chi connectivity index (χ2n) is 1.76. The van der Waals surface area contributed by atoms with E-state index in [1.165, 1.54) is 0 Å². The van der Waals surface area contributed by atoms with Gasteiger partial charge in [-0.25, -0.2) is 0 Å². The topological polar surface area (TPSA) is 0 Å². The van der Waals surface area contributed by atoms with Crippen molar-refractivity contribution >= 4 is 38.4 Å². The Balaban J connectivity index is -0.0000000720. The van der Waals surface area contributed by atoms with E-state index in [4.69, 9.17) is 22.2 Å². The molecule has 0 heterocycles. The third-order valence-corrected chi connectivity index (χ3v) is 0. The largest absolute Gasteiger partial charge is 0.170 e. The first-order valence-corrected chi connectivity index (χ1v) is 9.40. The van der Waals surface area contributed by atoms with E-state index >= 15 is 0 Å². The summed E-state index contributed by atoms with van der Waals surface area (Å²) in [5, 5.41) is 0. The molecule has 5 heteroatoms. The smallest absolute Gasteiger partial charge is 0.158 e. The zero-order valence-electron chi connectivity index (χ0n) is 6.46. The van der Waals surface area contributed by atoms with Gasteiger partial charge >= 0.3 is 0 Å². The van der Waals surface area contributed by atoms with Gasteiger partial charge < -0.3 is 0 Å². The van der Waals surface area contributed by atoms with Gasteiger partial charge in [-0.1, -0.05) is 26.2 Å². The van der Waals surface area contributed by atoms with Crippen LogP contribution in [0.15, 0.2) is 0 Å². The molecule has 0 aromatic carbocycles. The zero-order valence-corrected chi connectivity index (χ0v) is 15.5. The minimum Gasteiger partial charge on any atom is -0.170 e. The van der Waals surface area contributed by atoms with E-state index < -0.39 is 16.2 Å². The molecule has 0 nitrogen and oxygen atoms in total. The third kappa shape index (κ3) is 166. The van der Waals surface area contributed by atoms with E-state index in [-0.39, 0.29) is 27.7 Å². The molecule has 0 unspecified atom stereocenters. The fraction of sp³-hybridized carbons (Fsp3) is 1.00. The maximum Gasteiger partial charge on any atom is 0.158 e. The Morgan fingerprint density at radius 1 is 0.778 bits per heavy atom. The maximum atomic E-state index is 5.38. The van der Waals surface area contributed by atoms with Gasteiger partial charge in [-0.15, -0.1) is 0 Å². The average molecular weight is 388 g/mol. The average Bonchev–Trinajstić information content (AvgIpc) is 1.25. The van der Waals surface area contributed by atoms with Crippen LogP contribution in [0.1, 0.15) is 0 Å². The number of hydrogen-bond donors (Lipinski definition) is 0. The molecule has 0 bridgehead atoms. The summed E-state index contributed by atoms with van der Waals surface area (Å²) in [7, 11) is -0.815. The maximum absolute atomic E-state index is 5.38. The Kier molecular flexibility index (Phi) is 24.0. The fourth-order valence-electron chi connectivity index (χ4n) is 0. The summed E-state index contributed by atoms with van der Waals surface area (Å²) in [5.74, 6) is 0. The number of halogens is 2. The molecule has 0 spiro atoms. The summed E-state index contributed by atoms with van der Waals surface area (Å²) in [6, 6.07) is 0. The molecular formula is C4H12Cl2HgSi2. The van der Waals surface area contributed by atoms with Gasteiger partial charge in [0, 0.05) is 27.7 Å². The Hall–Kier alpha value is 1.95. The van der Waals surface area contributed by atoms with Crippen LogP contribution in [0.3, 0.4) is 0 Å². The van der Waals surface area contributed by atoms with Gasteiger partial charge in [0.05, 0.1) is 0 Å². The minimum atomic E-state index is -0.407. The quantitative estimate of drug-likeness (QED) is 0.443. The predicted octanol–water partition coefficient (Wildman–Crippen LogP) is 2.95. The van der Waals surface area contributed by atoms with Gasteiger partial charge in [-0.2, -0.15) is 22.2 Å². The SMILES string of the molecule is C[Si](C)Cl.C[Si](C)Cl.[Hg]. The molecule has 2 radical (unpaired) electrons. The van der Waals surface area contributed by atoms with Crippen LogP contribution in [-0.4, -0.2) is 16.2 Å². The first-order chi connectivity index (χ1) is 3.46. The summed E-state index contributed by atoms with van der Waals surface area (Å²) < 4.78 is 0. The molecule has 0 aliphatic heterocycles. The Labute approximate surface area is 91.4 Å². The fourth-order valence-corrected chi connectivity index (χ4v) is 0. The second-order valence-corrected chi connectivity index (χ2v) is 9.80. The van der Waals surface area contributed by atoms with Gasteiger partial charge in [-0.05, 0) is 0 Å². The summed E-state index contributed by atoms with van der Waals surface area (Å²) in [6.45, 7) is 8.14. The Morgan fingerprint density at radius 2 is 0.778 bits per heavy atom. The van der Waals surface area contributed by atoms with Crippen LogP contribution in [-0.2, 0) is 27.7 Å². The van der Waals surface area contributed by atoms with E-state index in [1.54, 1.807) is 0 Å². The van der Waals surface area contributed by atoms with Crippen LogP contribution in [0.5, 0.6) is 0 Å². The number of rotatable bonds is 0. The van der Waals surface area contributed by atoms with Crippen molar-refractivity contribution in [2.45, 2.75) is 26.2 Å². The number of hydrogen-bond acceptors (Lipinski definition) is 0. The molecule has 0 fully saturated rings. The molecule has 0 aliphatic rings. The monoisotopic (exact) mass is 388 g/mol. The molecule has 0 rings (SSSR count). The van der Waals surface area contributed by atoms with E-state index in [0.717, 1.165) is 0 Å². The zero-order chi connectivity index (χ0) is 7.15. The molecule has 9 heavy (non-hydrogen) atoms. The third-order valence-electron chi connectivity index (χ3n) is 0. The first-order valence-electron chi connectivity index (χ1n) is 2.38. The molecular weight excluding hydrogens is 376 g/mol. The van der Waals surface area contributed by atoms with Crippen molar-refractivity contribution in [1.29, 1.82) is 0 Å². The summed E-state index contributed by atoms with van der Waals surface area (Å²) in [4.78, 5) is 0. The van der Waals surface area contributed by atoms with E-state index in [1.807, 2.05) is 26.2 Å². The molecule has 0 saturated heterocycles. The van der Waals surface area contributed by atoms with Crippen LogP contribution in [0.25, 0.3) is 0 Å². The molecule has 0 N–H and O–H groups in total. The van der Waals surface area contributed by atoms with Crippen molar-refractivity contribution in [3.05, 3.63) is 0 Å². The van der Waals surface area contributed by atoms with E-state index in [9.17, 15) is 0 Å². The van der Waals surface area contributed by atoms with Crippen molar-refractivity contribution in [2.24, 2.45) is 0 Å². The van der Waals surface area contributed by atoms with Crippen LogP contribution in [0.2, 0.25) is 26.2 Å². The molecule has 0 amide bonds. The molecule has 0 aliphatic carbocycles. The molecule has 0 atom stereocenters. The normalized spacial score (nSPS) is 8.00. The molecule has 52 valence electrons. The van der Waals surface area contributed by atoms with Crippen molar-refractivity contribution in [3.63, 3.8) is 0 Å². The second kappa shape index (κ2) is 12.6. The summed E-state index contributed by atoms with van der Waals surface area (Å²) in [5.41, 5.74) is 0. The summed E-state index contributed by atoms with van der Waals surface area (Å²) >= 11 is 10.8. The Bertz CT molecular complexity index is 32.0. The van der Waals surface area contributed by atoms with Crippen LogP contribution < -0.4 is 0 Å². The van der Waals surface area contributed by atoms with Crippen LogP contribution in [0.4, 0.5) is 0 Å². The standard InChI is InChI=1S/2C2H6ClSi.Hg/c2*1-4(2)3;/h2*1-2H3;. The van der Waals surface area contributed by atoms with Gasteiger partial charge in [0.1, 0.15) is 0 Å². The molecule has 0 saturated carbocycles. The van der Waals surface area contributed by atoms with Gasteiger partial charge in [0.2, 0.25) is 0 Å². The van der Waals surface area contributed by atoms with Gasteiger partial charge in [0.25, 0.3) is 0 Å². The van der Waals surface area contributed by atoms with E-state index in [0.29, 0.717) is 0 Å². The molecule has 0 aromatic rings. The van der Waals surface area contributed by atoms with Crippen molar-refractivity contribution in [3.8, 4) is 0 Å². The van der Waals surface area contributed by atoms with Gasteiger partial charge in [-0.3, -0.25) is 0 Å². The van der Waals surface area contributed by atoms with E-state index in [2.05, 4.69) is 0 Å². The Morgan fingerprint density at radius 3 is 0.778 bits per heavy atom. The minimum absolute atomic E-state index is 0. The van der Waals surface area contributed by atoms with Crippen LogP contribution >= 0.6 is 22.2 Å². The first kappa shape index (κ1) is 17.2. The van der Waals surface area contributed by atoms with Crippen molar-refractivity contribution in [1.82, 2.24) is 0 Å². The van der Waals surface area contributed by atoms with Gasteiger partial charge in [0.15, 0.2) is 16.2 Å². The van der Waals surface area contributed by atoms with Crippen molar-refractivity contribution < 1.29 is 27.7 Å². The summed E-state index contributed by atoms with van der Waals surface area (Å²) in [6.07, 6.45) is 0. The van der Waals surface area contributed by atoms with Crippen LogP contribution in [0, 0.1) is 0 Å².